The third-order valence-corrected chi connectivity index (χ3v) is 3.27. The Morgan fingerprint density at radius 2 is 1.50 bits per heavy atom. The second-order valence-corrected chi connectivity index (χ2v) is 7.01. The zero-order valence-electron chi connectivity index (χ0n) is 10.9. The molecule has 0 saturated heterocycles. The van der Waals surface area contributed by atoms with Gasteiger partial charge in [-0.3, -0.25) is 9.11 Å². The van der Waals surface area contributed by atoms with Crippen LogP contribution in [0.2, 0.25) is 0 Å². The molecule has 3 N–H and O–H groups in total. The van der Waals surface area contributed by atoms with Crippen LogP contribution in [0.15, 0.2) is 24.3 Å². The molecule has 118 valence electrons. The molecule has 8 nitrogen and oxygen atoms in total. The van der Waals surface area contributed by atoms with E-state index >= 15 is 0 Å². The Hall–Kier alpha value is -1.23. The fraction of sp³-hybridized carbons (Fsp3) is 0.500. The number of hydrogen-bond donors (Lipinski definition) is 3. The molecule has 0 heterocycles. The molecule has 0 atom stereocenters. The second-order valence-electron chi connectivity index (χ2n) is 3.98. The monoisotopic (exact) mass is 330 g/mol. The van der Waals surface area contributed by atoms with Crippen LogP contribution in [-0.2, 0) is 25.0 Å². The van der Waals surface area contributed by atoms with Gasteiger partial charge in [0.15, 0.2) is 0 Å². The number of carboxylic acids is 1. The molecule has 0 unspecified atom stereocenters. The van der Waals surface area contributed by atoms with Crippen LogP contribution in [0.5, 0.6) is 0 Å². The van der Waals surface area contributed by atoms with Gasteiger partial charge in [-0.25, -0.2) is 4.79 Å². The van der Waals surface area contributed by atoms with Gasteiger partial charge in [-0.05, 0) is 19.8 Å². The molecule has 0 aliphatic rings. The lowest BCUT2D eigenvalue weighted by Crippen LogP contribution is -2.06. The maximum atomic E-state index is 10.2. The third-order valence-electron chi connectivity index (χ3n) is 1.61. The molecule has 0 saturated carbocycles. The van der Waals surface area contributed by atoms with E-state index in [1.54, 1.807) is 0 Å². The van der Waals surface area contributed by atoms with E-state index in [1.165, 1.54) is 6.92 Å². The standard InChI is InChI=1S/C6H10O5S.C4H8O3S/c1-5(6(7)8)3-2-4-12(9,10)11;1-4(2)3-8(5,6)7/h1-4H2,(H,7,8)(H,9,10,11);1,3H2,2H3,(H,5,6,7). The molecule has 0 aliphatic heterocycles. The van der Waals surface area contributed by atoms with Crippen molar-refractivity contribution in [3.8, 4) is 0 Å². The average molecular weight is 330 g/mol. The summed E-state index contributed by atoms with van der Waals surface area (Å²) in [6.45, 7) is 8.03. The van der Waals surface area contributed by atoms with Crippen molar-refractivity contribution in [2.45, 2.75) is 19.8 Å². The fourth-order valence-corrected chi connectivity index (χ4v) is 2.02. The SMILES string of the molecule is C=C(C)CS(=O)(=O)O.C=C(CCCS(=O)(=O)O)C(=O)O. The van der Waals surface area contributed by atoms with Gasteiger partial charge in [0.1, 0.15) is 0 Å². The first kappa shape index (κ1) is 21.1. The summed E-state index contributed by atoms with van der Waals surface area (Å²) in [5.41, 5.74) is 0.381. The number of rotatable bonds is 7. The molecular weight excluding hydrogens is 312 g/mol. The first-order valence-electron chi connectivity index (χ1n) is 5.20. The van der Waals surface area contributed by atoms with Crippen molar-refractivity contribution in [1.82, 2.24) is 0 Å². The van der Waals surface area contributed by atoms with E-state index in [9.17, 15) is 21.6 Å². The predicted molar refractivity (Wildman–Crippen MR) is 73.7 cm³/mol. The Bertz CT molecular complexity index is 556. The Kier molecular flexibility index (Phi) is 9.32. The van der Waals surface area contributed by atoms with Crippen LogP contribution >= 0.6 is 0 Å². The largest absolute Gasteiger partial charge is 0.478 e. The summed E-state index contributed by atoms with van der Waals surface area (Å²) < 4.78 is 56.6. The maximum absolute atomic E-state index is 10.2. The van der Waals surface area contributed by atoms with Gasteiger partial charge in [0, 0.05) is 5.57 Å². The lowest BCUT2D eigenvalue weighted by molar-refractivity contribution is -0.132. The van der Waals surface area contributed by atoms with Gasteiger partial charge in [0.25, 0.3) is 20.2 Å². The maximum Gasteiger partial charge on any atom is 0.330 e. The molecule has 0 fully saturated rings. The van der Waals surface area contributed by atoms with E-state index in [0.717, 1.165) is 0 Å². The number of hydrogen-bond acceptors (Lipinski definition) is 5. The molecule has 0 amide bonds. The van der Waals surface area contributed by atoms with E-state index in [-0.39, 0.29) is 24.2 Å². The molecule has 0 radical (unpaired) electrons. The van der Waals surface area contributed by atoms with Gasteiger partial charge in [-0.15, -0.1) is 0 Å². The molecule has 0 aromatic heterocycles. The van der Waals surface area contributed by atoms with Crippen LogP contribution in [0, 0.1) is 0 Å². The summed E-state index contributed by atoms with van der Waals surface area (Å²) >= 11 is 0. The Balaban J connectivity index is 0. The van der Waals surface area contributed by atoms with Crippen LogP contribution in [0.3, 0.4) is 0 Å². The van der Waals surface area contributed by atoms with Crippen LogP contribution in [0.25, 0.3) is 0 Å². The van der Waals surface area contributed by atoms with Crippen molar-refractivity contribution in [2.24, 2.45) is 0 Å². The molecule has 0 spiro atoms. The highest BCUT2D eigenvalue weighted by atomic mass is 32.2. The zero-order chi connectivity index (χ0) is 16.6. The fourth-order valence-electron chi connectivity index (χ4n) is 0.886. The zero-order valence-corrected chi connectivity index (χ0v) is 12.6. The van der Waals surface area contributed by atoms with Crippen molar-refractivity contribution in [2.75, 3.05) is 11.5 Å². The molecular formula is C10H18O8S2. The molecule has 20 heavy (non-hydrogen) atoms. The van der Waals surface area contributed by atoms with E-state index < -0.39 is 32.0 Å². The quantitative estimate of drug-likeness (QED) is 0.352. The normalized spacial score (nSPS) is 11.2. The van der Waals surface area contributed by atoms with Crippen molar-refractivity contribution in [3.05, 3.63) is 24.3 Å². The number of carboxylic acid groups (broad SMARTS) is 1. The van der Waals surface area contributed by atoms with E-state index in [4.69, 9.17) is 14.2 Å². The molecule has 0 aromatic carbocycles. The summed E-state index contributed by atoms with van der Waals surface area (Å²) in [6, 6.07) is 0. The van der Waals surface area contributed by atoms with Crippen molar-refractivity contribution in [3.63, 3.8) is 0 Å². The van der Waals surface area contributed by atoms with Gasteiger partial charge in [-0.2, -0.15) is 16.8 Å². The van der Waals surface area contributed by atoms with Crippen molar-refractivity contribution < 1.29 is 35.8 Å². The average Bonchev–Trinajstić information content (AvgIpc) is 2.11. The van der Waals surface area contributed by atoms with Gasteiger partial charge < -0.3 is 5.11 Å². The third kappa shape index (κ3) is 19.1. The minimum Gasteiger partial charge on any atom is -0.478 e. The van der Waals surface area contributed by atoms with E-state index in [0.29, 0.717) is 5.57 Å². The Morgan fingerprint density at radius 3 is 1.70 bits per heavy atom. The van der Waals surface area contributed by atoms with Gasteiger partial charge in [0.2, 0.25) is 0 Å². The Labute approximate surface area is 118 Å². The van der Waals surface area contributed by atoms with E-state index in [2.05, 4.69) is 13.2 Å². The van der Waals surface area contributed by atoms with Crippen LogP contribution < -0.4 is 0 Å². The molecule has 10 heteroatoms. The highest BCUT2D eigenvalue weighted by Gasteiger charge is 2.07. The van der Waals surface area contributed by atoms with Crippen molar-refractivity contribution in [1.29, 1.82) is 0 Å². The first-order chi connectivity index (χ1) is 8.74. The highest BCUT2D eigenvalue weighted by Crippen LogP contribution is 2.03. The predicted octanol–water partition coefficient (Wildman–Crippen LogP) is 0.745. The summed E-state index contributed by atoms with van der Waals surface area (Å²) in [5, 5.41) is 8.30. The van der Waals surface area contributed by atoms with Gasteiger partial charge in [-0.1, -0.05) is 18.7 Å². The van der Waals surface area contributed by atoms with Crippen molar-refractivity contribution >= 4 is 26.2 Å². The highest BCUT2D eigenvalue weighted by molar-refractivity contribution is 7.86. The van der Waals surface area contributed by atoms with Crippen LogP contribution in [0.4, 0.5) is 0 Å². The lowest BCUT2D eigenvalue weighted by Gasteiger charge is -1.97. The minimum atomic E-state index is -3.98. The molecule has 0 aliphatic carbocycles. The smallest absolute Gasteiger partial charge is 0.330 e. The molecule has 0 bridgehead atoms. The van der Waals surface area contributed by atoms with Crippen LogP contribution in [-0.4, -0.2) is 48.5 Å². The summed E-state index contributed by atoms with van der Waals surface area (Å²) in [5.74, 6) is -1.92. The Morgan fingerprint density at radius 1 is 1.05 bits per heavy atom. The first-order valence-corrected chi connectivity index (χ1v) is 8.42. The minimum absolute atomic E-state index is 0.0568. The summed E-state index contributed by atoms with van der Waals surface area (Å²) in [6.07, 6.45) is 0.138. The van der Waals surface area contributed by atoms with Crippen LogP contribution in [0.1, 0.15) is 19.8 Å². The summed E-state index contributed by atoms with van der Waals surface area (Å²) in [4.78, 5) is 10.1. The summed E-state index contributed by atoms with van der Waals surface area (Å²) in [7, 11) is -7.80. The van der Waals surface area contributed by atoms with E-state index in [1.807, 2.05) is 0 Å². The van der Waals surface area contributed by atoms with Gasteiger partial charge >= 0.3 is 5.97 Å². The molecule has 0 aromatic rings. The number of carbonyl (C=O) groups is 1. The second kappa shape index (κ2) is 8.84. The molecule has 0 rings (SSSR count). The van der Waals surface area contributed by atoms with Gasteiger partial charge in [0.05, 0.1) is 11.5 Å². The lowest BCUT2D eigenvalue weighted by atomic mass is 10.2. The number of aliphatic carboxylic acids is 1. The topological polar surface area (TPSA) is 146 Å².